The van der Waals surface area contributed by atoms with Crippen molar-refractivity contribution in [1.29, 1.82) is 0 Å². The van der Waals surface area contributed by atoms with Gasteiger partial charge in [0.25, 0.3) is 0 Å². The fourth-order valence-electron chi connectivity index (χ4n) is 3.46. The third kappa shape index (κ3) is 3.17. The summed E-state index contributed by atoms with van der Waals surface area (Å²) in [6.07, 6.45) is 5.09. The molecular formula is C22H31N3O. The number of benzene rings is 1. The second kappa shape index (κ2) is 6.57. The molecule has 1 aliphatic rings. The monoisotopic (exact) mass is 353 g/mol. The molecule has 0 spiro atoms. The van der Waals surface area contributed by atoms with Gasteiger partial charge >= 0.3 is 0 Å². The first-order valence-electron chi connectivity index (χ1n) is 9.67. The van der Waals surface area contributed by atoms with E-state index in [9.17, 15) is 5.11 Å². The number of hydrogen-bond donors (Lipinski definition) is 1. The van der Waals surface area contributed by atoms with E-state index in [1.54, 1.807) is 4.80 Å². The van der Waals surface area contributed by atoms with Crippen molar-refractivity contribution in [3.05, 3.63) is 41.7 Å². The minimum Gasteiger partial charge on any atom is -0.506 e. The first-order valence-corrected chi connectivity index (χ1v) is 9.67. The number of allylic oxidation sites excluding steroid dienone is 3. The average Bonchev–Trinajstić information content (AvgIpc) is 3.05. The van der Waals surface area contributed by atoms with Crippen molar-refractivity contribution in [2.45, 2.75) is 60.8 Å². The van der Waals surface area contributed by atoms with E-state index < -0.39 is 0 Å². The summed E-state index contributed by atoms with van der Waals surface area (Å²) < 4.78 is 0. The Kier molecular flexibility index (Phi) is 4.72. The normalized spacial score (nSPS) is 19.2. The Balaban J connectivity index is 2.15. The van der Waals surface area contributed by atoms with Crippen LogP contribution in [0.5, 0.6) is 0 Å². The van der Waals surface area contributed by atoms with E-state index in [1.165, 1.54) is 0 Å². The zero-order valence-corrected chi connectivity index (χ0v) is 16.9. The molecule has 3 rings (SSSR count). The van der Waals surface area contributed by atoms with Crippen LogP contribution in [0.25, 0.3) is 16.7 Å². The number of aliphatic hydroxyl groups excluding tert-OH is 1. The van der Waals surface area contributed by atoms with Gasteiger partial charge in [0.1, 0.15) is 22.5 Å². The molecule has 1 unspecified atom stereocenters. The smallest absolute Gasteiger partial charge is 0.142 e. The van der Waals surface area contributed by atoms with Crippen LogP contribution in [0.4, 0.5) is 0 Å². The molecule has 0 saturated carbocycles. The van der Waals surface area contributed by atoms with E-state index in [1.807, 2.05) is 24.3 Å². The zero-order valence-electron chi connectivity index (χ0n) is 16.9. The minimum atomic E-state index is -0.0929. The molecule has 0 bridgehead atoms. The molecular weight excluding hydrogens is 322 g/mol. The quantitative estimate of drug-likeness (QED) is 0.719. The molecule has 4 heteroatoms. The first kappa shape index (κ1) is 18.7. The zero-order chi connectivity index (χ0) is 19.1. The Bertz CT molecular complexity index is 837. The number of aliphatic hydroxyl groups is 1. The van der Waals surface area contributed by atoms with Gasteiger partial charge < -0.3 is 5.11 Å². The minimum absolute atomic E-state index is 0.0929. The number of hydrogen-bond acceptors (Lipinski definition) is 3. The summed E-state index contributed by atoms with van der Waals surface area (Å²) >= 11 is 0. The van der Waals surface area contributed by atoms with Crippen LogP contribution >= 0.6 is 0 Å². The molecule has 1 N–H and O–H groups in total. The summed E-state index contributed by atoms with van der Waals surface area (Å²) in [5.41, 5.74) is 3.59. The van der Waals surface area contributed by atoms with Crippen molar-refractivity contribution in [3.63, 3.8) is 0 Å². The molecule has 0 aliphatic heterocycles. The lowest BCUT2D eigenvalue weighted by Crippen LogP contribution is -2.29. The van der Waals surface area contributed by atoms with Crippen molar-refractivity contribution < 1.29 is 5.11 Å². The Labute approximate surface area is 156 Å². The van der Waals surface area contributed by atoms with Crippen LogP contribution in [-0.4, -0.2) is 20.1 Å². The van der Waals surface area contributed by atoms with E-state index in [2.05, 4.69) is 57.8 Å². The first-order chi connectivity index (χ1) is 12.2. The largest absolute Gasteiger partial charge is 0.506 e. The van der Waals surface area contributed by atoms with Gasteiger partial charge in [-0.2, -0.15) is 4.80 Å². The molecule has 0 fully saturated rings. The fourth-order valence-corrected chi connectivity index (χ4v) is 3.46. The van der Waals surface area contributed by atoms with Gasteiger partial charge in [-0.1, -0.05) is 66.2 Å². The van der Waals surface area contributed by atoms with Crippen LogP contribution in [0, 0.1) is 16.7 Å². The van der Waals surface area contributed by atoms with Crippen molar-refractivity contribution >= 4 is 16.7 Å². The highest BCUT2D eigenvalue weighted by molar-refractivity contribution is 5.74. The molecule has 26 heavy (non-hydrogen) atoms. The summed E-state index contributed by atoms with van der Waals surface area (Å²) in [4.78, 5) is 1.65. The Morgan fingerprint density at radius 2 is 1.62 bits per heavy atom. The van der Waals surface area contributed by atoms with Gasteiger partial charge in [-0.25, -0.2) is 0 Å². The van der Waals surface area contributed by atoms with E-state index in [-0.39, 0.29) is 10.8 Å². The average molecular weight is 354 g/mol. The summed E-state index contributed by atoms with van der Waals surface area (Å²) in [7, 11) is 0. The Morgan fingerprint density at radius 3 is 2.12 bits per heavy atom. The molecule has 1 atom stereocenters. The third-order valence-corrected chi connectivity index (χ3v) is 6.37. The predicted molar refractivity (Wildman–Crippen MR) is 108 cm³/mol. The molecule has 2 aromatic rings. The van der Waals surface area contributed by atoms with Crippen molar-refractivity contribution in [2.75, 3.05) is 0 Å². The van der Waals surface area contributed by atoms with Crippen LogP contribution in [0.2, 0.25) is 0 Å². The van der Waals surface area contributed by atoms with Gasteiger partial charge in [-0.15, -0.1) is 10.2 Å². The number of aromatic nitrogens is 3. The maximum Gasteiger partial charge on any atom is 0.142 e. The highest BCUT2D eigenvalue weighted by Gasteiger charge is 2.37. The number of rotatable bonds is 5. The van der Waals surface area contributed by atoms with Crippen LogP contribution < -0.4 is 0 Å². The molecule has 0 saturated heterocycles. The second-order valence-electron chi connectivity index (χ2n) is 8.74. The van der Waals surface area contributed by atoms with Crippen molar-refractivity contribution in [1.82, 2.24) is 15.0 Å². The van der Waals surface area contributed by atoms with Crippen LogP contribution in [-0.2, 0) is 0 Å². The summed E-state index contributed by atoms with van der Waals surface area (Å²) in [6.45, 7) is 13.4. The van der Waals surface area contributed by atoms with Crippen LogP contribution in [0.15, 0.2) is 41.7 Å². The van der Waals surface area contributed by atoms with Gasteiger partial charge in [0.15, 0.2) is 0 Å². The van der Waals surface area contributed by atoms with E-state index in [4.69, 9.17) is 0 Å². The number of fused-ring (bicyclic) bond motifs is 1. The fraction of sp³-hybridized carbons (Fsp3) is 0.545. The lowest BCUT2D eigenvalue weighted by atomic mass is 9.68. The lowest BCUT2D eigenvalue weighted by molar-refractivity contribution is 0.236. The van der Waals surface area contributed by atoms with Gasteiger partial charge in [0, 0.05) is 6.42 Å². The molecule has 140 valence electrons. The number of nitrogens with zero attached hydrogens (tertiary/aromatic N) is 3. The summed E-state index contributed by atoms with van der Waals surface area (Å²) in [6, 6.07) is 7.84. The molecule has 1 heterocycles. The van der Waals surface area contributed by atoms with Gasteiger partial charge in [0.05, 0.1) is 0 Å². The predicted octanol–water partition coefficient (Wildman–Crippen LogP) is 5.98. The van der Waals surface area contributed by atoms with Gasteiger partial charge in [0.2, 0.25) is 0 Å². The molecule has 0 amide bonds. The van der Waals surface area contributed by atoms with Crippen molar-refractivity contribution in [3.8, 4) is 0 Å². The summed E-state index contributed by atoms with van der Waals surface area (Å²) in [5, 5.41) is 20.4. The standard InChI is InChI=1S/C22H31N3O/c1-7-21(3,4)15-13-16(22(5,6)8-2)20(26)19(14-15)25-23-17-11-9-10-12-18(17)24-25/h9-13,15,26H,7-8,14H2,1-6H3. The molecule has 1 aliphatic carbocycles. The van der Waals surface area contributed by atoms with Crippen molar-refractivity contribution in [2.24, 2.45) is 16.7 Å². The second-order valence-corrected chi connectivity index (χ2v) is 8.74. The summed E-state index contributed by atoms with van der Waals surface area (Å²) in [5.74, 6) is 0.689. The maximum atomic E-state index is 11.1. The van der Waals surface area contributed by atoms with E-state index in [0.29, 0.717) is 11.7 Å². The molecule has 4 nitrogen and oxygen atoms in total. The third-order valence-electron chi connectivity index (χ3n) is 6.37. The van der Waals surface area contributed by atoms with Gasteiger partial charge in [-0.05, 0) is 40.9 Å². The van der Waals surface area contributed by atoms with E-state index in [0.717, 1.165) is 41.6 Å². The maximum absolute atomic E-state index is 11.1. The molecule has 1 aromatic heterocycles. The lowest BCUT2D eigenvalue weighted by Gasteiger charge is -2.38. The van der Waals surface area contributed by atoms with Gasteiger partial charge in [-0.3, -0.25) is 0 Å². The topological polar surface area (TPSA) is 50.9 Å². The Morgan fingerprint density at radius 1 is 1.04 bits per heavy atom. The SMILES string of the molecule is CCC(C)(C)C1=CC(C(C)(C)CC)CC(n2nc3ccccc3n2)=C1O. The van der Waals surface area contributed by atoms with Crippen LogP contribution in [0.1, 0.15) is 60.8 Å². The van der Waals surface area contributed by atoms with E-state index >= 15 is 0 Å². The van der Waals surface area contributed by atoms with Crippen LogP contribution in [0.3, 0.4) is 0 Å². The highest BCUT2D eigenvalue weighted by atomic mass is 16.3. The highest BCUT2D eigenvalue weighted by Crippen LogP contribution is 2.46. The molecule has 0 radical (unpaired) electrons. The molecule has 1 aromatic carbocycles. The Hall–Kier alpha value is -2.10.